The highest BCUT2D eigenvalue weighted by atomic mass is 16.5. The summed E-state index contributed by atoms with van der Waals surface area (Å²) in [6.07, 6.45) is 7.22. The second kappa shape index (κ2) is 22.8. The molecule has 23 nitrogen and oxygen atoms in total. The first kappa shape index (κ1) is 51.0. The molecule has 5 aromatic rings. The summed E-state index contributed by atoms with van der Waals surface area (Å²) in [7, 11) is 1.86. The van der Waals surface area contributed by atoms with Crippen LogP contribution >= 0.6 is 0 Å². The topological polar surface area (TPSA) is 310 Å². The molecule has 0 spiro atoms. The lowest BCUT2D eigenvalue weighted by molar-refractivity contribution is -0.137. The maximum Gasteiger partial charge on any atom is 0.407 e. The first-order valence-electron chi connectivity index (χ1n) is 24.4. The number of carbonyl (C=O) groups is 7. The van der Waals surface area contributed by atoms with Crippen molar-refractivity contribution in [3.63, 3.8) is 0 Å². The fraction of sp³-hybridized carbons (Fsp3) is 0.420. The van der Waals surface area contributed by atoms with Crippen LogP contribution in [0.15, 0.2) is 67.0 Å². The van der Waals surface area contributed by atoms with Crippen LogP contribution < -0.4 is 47.3 Å². The van der Waals surface area contributed by atoms with Crippen molar-refractivity contribution in [1.29, 1.82) is 0 Å². The molecule has 1 saturated heterocycles. The van der Waals surface area contributed by atoms with Crippen molar-refractivity contribution in [3.05, 3.63) is 78.4 Å². The van der Waals surface area contributed by atoms with E-state index in [1.165, 1.54) is 12.2 Å². The second-order valence-electron chi connectivity index (χ2n) is 18.6. The Labute approximate surface area is 420 Å². The minimum Gasteiger partial charge on any atom is -0.445 e. The molecule has 5 heterocycles. The zero-order valence-electron chi connectivity index (χ0n) is 41.0. The first-order chi connectivity index (χ1) is 35.1. The predicted octanol–water partition coefficient (Wildman–Crippen LogP) is 3.90. The van der Waals surface area contributed by atoms with Crippen molar-refractivity contribution in [3.8, 4) is 11.8 Å². The summed E-state index contributed by atoms with van der Waals surface area (Å²) in [5.41, 5.74) is 8.74. The number of para-hydroxylation sites is 1. The number of fused-ring (bicyclic) bond motifs is 4. The smallest absolute Gasteiger partial charge is 0.407 e. The third-order valence-corrected chi connectivity index (χ3v) is 13.1. The number of hydrogen-bond acceptors (Lipinski definition) is 15. The van der Waals surface area contributed by atoms with E-state index in [-0.39, 0.29) is 80.1 Å². The molecule has 0 radical (unpaired) electrons. The third kappa shape index (κ3) is 12.6. The highest BCUT2D eigenvalue weighted by Crippen LogP contribution is 2.48. The van der Waals surface area contributed by atoms with Crippen LogP contribution in [-0.2, 0) is 35.3 Å². The first-order valence-corrected chi connectivity index (χ1v) is 24.4. The van der Waals surface area contributed by atoms with Crippen LogP contribution in [0.3, 0.4) is 0 Å². The number of nitrogens with zero attached hydrogens (tertiary/aromatic N) is 6. The SMILES string of the molecule is CNc1cccc2c1[nH]c1nc(Oc3cnc(C)nc3)nc(N3C[C@@H]4C(NC(=O)OCc5ccc(NC(=O)[C@H](CCCNC(N)=O)NC(=O)[C@@H](NC(=O)CCCCCN6C(=O)C=CC6=O)C(C)C)cc5)[C@@H]4C3)c12. The molecule has 23 heteroatoms. The highest BCUT2D eigenvalue weighted by Gasteiger charge is 2.57. The van der Waals surface area contributed by atoms with Crippen molar-refractivity contribution in [2.45, 2.75) is 84.0 Å². The van der Waals surface area contributed by atoms with Gasteiger partial charge in [0.05, 0.1) is 29.0 Å². The molecule has 1 saturated carbocycles. The van der Waals surface area contributed by atoms with Crippen LogP contribution in [-0.4, -0.2) is 123 Å². The molecule has 5 atom stereocenters. The highest BCUT2D eigenvalue weighted by molar-refractivity contribution is 6.15. The zero-order chi connectivity index (χ0) is 51.8. The number of rotatable bonds is 23. The fourth-order valence-corrected chi connectivity index (χ4v) is 9.17. The van der Waals surface area contributed by atoms with E-state index in [0.717, 1.165) is 26.9 Å². The van der Waals surface area contributed by atoms with Gasteiger partial charge in [-0.1, -0.05) is 44.5 Å². The predicted molar refractivity (Wildman–Crippen MR) is 269 cm³/mol. The molecular formula is C50H60N14O9. The number of anilines is 3. The average molecular weight is 1000 g/mol. The molecule has 2 aromatic carbocycles. The standard InChI is InChI=1S/C50H60N14O9/c1-27(2)41(58-37(65)13-6-5-7-21-64-38(66)18-19-39(64)67)47(69)57-36(12-9-20-53-48(51)70)46(68)56-30-16-14-29(15-17-30)26-72-50(71)60-42-33-24-63(25-34(33)42)45-40-32-10-8-11-35(52-4)43(32)59-44(40)61-49(62-45)73-31-22-54-28(3)55-23-31/h8,10-11,14-19,22-23,27,33-34,36,41-42,52H,5-7,9,12-13,20-21,24-26H2,1-4H3,(H,56,68)(H,57,69)(H,58,65)(H,60,71)(H3,51,53,70)(H,59,61,62)/t33-,34+,36-,41-,42?/m0/s1. The summed E-state index contributed by atoms with van der Waals surface area (Å²) in [6.45, 7) is 7.01. The summed E-state index contributed by atoms with van der Waals surface area (Å²) >= 11 is 0. The van der Waals surface area contributed by atoms with E-state index < -0.39 is 36.0 Å². The number of carbonyl (C=O) groups excluding carboxylic acids is 7. The van der Waals surface area contributed by atoms with Crippen LogP contribution in [0.5, 0.6) is 11.8 Å². The molecule has 1 aliphatic carbocycles. The average Bonchev–Trinajstić information content (AvgIpc) is 3.68. The summed E-state index contributed by atoms with van der Waals surface area (Å²) in [5.74, 6) is -0.396. The number of ether oxygens (including phenoxy) is 2. The molecule has 2 aliphatic heterocycles. The van der Waals surface area contributed by atoms with Gasteiger partial charge in [0.1, 0.15) is 36.0 Å². The number of amides is 8. The van der Waals surface area contributed by atoms with Crippen molar-refractivity contribution < 1.29 is 43.0 Å². The van der Waals surface area contributed by atoms with Gasteiger partial charge in [-0.05, 0) is 62.3 Å². The second-order valence-corrected chi connectivity index (χ2v) is 18.6. The molecule has 8 amide bonds. The number of aryl methyl sites for hydroxylation is 1. The molecule has 2 fully saturated rings. The fourth-order valence-electron chi connectivity index (χ4n) is 9.17. The Morgan fingerprint density at radius 2 is 1.62 bits per heavy atom. The molecule has 1 unspecified atom stereocenters. The van der Waals surface area contributed by atoms with Crippen LogP contribution in [0, 0.1) is 24.7 Å². The van der Waals surface area contributed by atoms with Crippen molar-refractivity contribution in [1.82, 2.24) is 51.1 Å². The number of H-pyrrole nitrogens is 1. The molecule has 3 aromatic heterocycles. The van der Waals surface area contributed by atoms with E-state index in [1.807, 2.05) is 25.2 Å². The van der Waals surface area contributed by atoms with Gasteiger partial charge in [0, 0.05) is 80.8 Å². The largest absolute Gasteiger partial charge is 0.445 e. The van der Waals surface area contributed by atoms with E-state index in [9.17, 15) is 33.6 Å². The lowest BCUT2D eigenvalue weighted by Crippen LogP contribution is -2.54. The number of alkyl carbamates (subject to hydrolysis) is 1. The number of primary amides is 1. The monoisotopic (exact) mass is 1000 g/mol. The normalized spacial score (nSPS) is 17.6. The minimum atomic E-state index is -1.04. The maximum atomic E-state index is 13.7. The Kier molecular flexibility index (Phi) is 15.9. The summed E-state index contributed by atoms with van der Waals surface area (Å²) in [6, 6.07) is 10.1. The van der Waals surface area contributed by atoms with Crippen LogP contribution in [0.4, 0.5) is 26.8 Å². The molecule has 384 valence electrons. The van der Waals surface area contributed by atoms with Gasteiger partial charge in [-0.15, -0.1) is 0 Å². The van der Waals surface area contributed by atoms with Gasteiger partial charge in [-0.2, -0.15) is 9.97 Å². The van der Waals surface area contributed by atoms with Gasteiger partial charge >= 0.3 is 18.1 Å². The van der Waals surface area contributed by atoms with E-state index in [2.05, 4.69) is 51.8 Å². The van der Waals surface area contributed by atoms with Crippen LogP contribution in [0.2, 0.25) is 0 Å². The third-order valence-electron chi connectivity index (χ3n) is 13.1. The van der Waals surface area contributed by atoms with Gasteiger partial charge in [0.25, 0.3) is 11.8 Å². The Hall–Kier alpha value is -8.37. The number of piperidine rings is 1. The Morgan fingerprint density at radius 3 is 2.30 bits per heavy atom. The molecular weight excluding hydrogens is 941 g/mol. The zero-order valence-corrected chi connectivity index (χ0v) is 41.0. The molecule has 8 rings (SSSR count). The molecule has 3 aliphatic rings. The van der Waals surface area contributed by atoms with Gasteiger partial charge in [-0.3, -0.25) is 28.9 Å². The lowest BCUT2D eigenvalue weighted by Gasteiger charge is -2.25. The summed E-state index contributed by atoms with van der Waals surface area (Å²) in [4.78, 5) is 113. The lowest BCUT2D eigenvalue weighted by atomic mass is 10.0. The Bertz CT molecular complexity index is 2880. The van der Waals surface area contributed by atoms with E-state index >= 15 is 0 Å². The van der Waals surface area contributed by atoms with Gasteiger partial charge in [0.2, 0.25) is 17.7 Å². The minimum absolute atomic E-state index is 0.0245. The van der Waals surface area contributed by atoms with E-state index in [0.29, 0.717) is 73.1 Å². The number of urea groups is 1. The van der Waals surface area contributed by atoms with Crippen molar-refractivity contribution in [2.24, 2.45) is 23.5 Å². The molecule has 9 N–H and O–H groups in total. The number of aromatic amines is 1. The van der Waals surface area contributed by atoms with Crippen LogP contribution in [0.25, 0.3) is 21.9 Å². The van der Waals surface area contributed by atoms with Crippen molar-refractivity contribution >= 4 is 80.8 Å². The summed E-state index contributed by atoms with van der Waals surface area (Å²) in [5, 5.41) is 18.9. The van der Waals surface area contributed by atoms with Gasteiger partial charge in [-0.25, -0.2) is 19.6 Å². The number of benzene rings is 2. The molecule has 0 bridgehead atoms. The van der Waals surface area contributed by atoms with E-state index in [4.69, 9.17) is 25.2 Å². The summed E-state index contributed by atoms with van der Waals surface area (Å²) < 4.78 is 11.6. The number of nitrogens with two attached hydrogens (primary N) is 1. The quantitative estimate of drug-likeness (QED) is 0.0340. The van der Waals surface area contributed by atoms with Crippen LogP contribution in [0.1, 0.15) is 63.8 Å². The van der Waals surface area contributed by atoms with E-state index in [1.54, 1.807) is 57.4 Å². The number of nitrogens with one attached hydrogen (secondary N) is 7. The molecule has 73 heavy (non-hydrogen) atoms. The maximum absolute atomic E-state index is 13.7. The number of imide groups is 1. The van der Waals surface area contributed by atoms with Gasteiger partial charge < -0.3 is 57.0 Å². The Morgan fingerprint density at radius 1 is 0.890 bits per heavy atom. The number of aromatic nitrogens is 5. The number of unbranched alkanes of at least 4 members (excludes halogenated alkanes) is 2. The van der Waals surface area contributed by atoms with Crippen molar-refractivity contribution in [2.75, 3.05) is 48.8 Å². The van der Waals surface area contributed by atoms with Gasteiger partial charge in [0.15, 0.2) is 5.75 Å². The number of hydrogen-bond donors (Lipinski definition) is 8. The Balaban J connectivity index is 0.814.